The van der Waals surface area contributed by atoms with Crippen LogP contribution in [0.4, 0.5) is 0 Å². The Kier molecular flexibility index (Phi) is 4.35. The minimum Gasteiger partial charge on any atom is -0.453 e. The van der Waals surface area contributed by atoms with Crippen LogP contribution in [-0.2, 0) is 16.1 Å². The molecule has 1 aromatic heterocycles. The van der Waals surface area contributed by atoms with Gasteiger partial charge in [-0.05, 0) is 12.1 Å². The molecule has 1 amide bonds. The Morgan fingerprint density at radius 1 is 1.50 bits per heavy atom. The number of carbonyl (C=O) groups is 1. The van der Waals surface area contributed by atoms with Crippen LogP contribution in [0.1, 0.15) is 16.3 Å². The van der Waals surface area contributed by atoms with Crippen molar-refractivity contribution in [2.24, 2.45) is 0 Å². The van der Waals surface area contributed by atoms with Crippen molar-refractivity contribution in [3.63, 3.8) is 0 Å². The van der Waals surface area contributed by atoms with E-state index in [1.54, 1.807) is 19.2 Å². The highest BCUT2D eigenvalue weighted by molar-refractivity contribution is 5.91. The second-order valence-electron chi connectivity index (χ2n) is 4.18. The maximum absolute atomic E-state index is 12.0. The molecule has 0 bridgehead atoms. The van der Waals surface area contributed by atoms with Gasteiger partial charge < -0.3 is 23.9 Å². The van der Waals surface area contributed by atoms with Gasteiger partial charge in [-0.1, -0.05) is 0 Å². The van der Waals surface area contributed by atoms with Gasteiger partial charge in [0.05, 0.1) is 25.9 Å². The van der Waals surface area contributed by atoms with Gasteiger partial charge in [0.1, 0.15) is 12.4 Å². The largest absolute Gasteiger partial charge is 0.453 e. The lowest BCUT2D eigenvalue weighted by molar-refractivity contribution is -0.0934. The molecule has 0 aromatic carbocycles. The van der Waals surface area contributed by atoms with Crippen LogP contribution in [0.2, 0.25) is 0 Å². The summed E-state index contributed by atoms with van der Waals surface area (Å²) in [6.45, 7) is 1.90. The van der Waals surface area contributed by atoms with Crippen LogP contribution in [-0.4, -0.2) is 55.4 Å². The molecule has 0 radical (unpaired) electrons. The van der Waals surface area contributed by atoms with Crippen LogP contribution in [0.5, 0.6) is 0 Å². The smallest absolute Gasteiger partial charge is 0.289 e. The van der Waals surface area contributed by atoms with E-state index in [0.717, 1.165) is 0 Å². The fourth-order valence-corrected chi connectivity index (χ4v) is 1.80. The monoisotopic (exact) mass is 255 g/mol. The molecule has 2 heterocycles. The fourth-order valence-electron chi connectivity index (χ4n) is 1.80. The summed E-state index contributed by atoms with van der Waals surface area (Å²) < 4.78 is 15.9. The molecule has 0 unspecified atom stereocenters. The third-order valence-electron chi connectivity index (χ3n) is 2.74. The van der Waals surface area contributed by atoms with E-state index in [2.05, 4.69) is 0 Å². The zero-order chi connectivity index (χ0) is 13.0. The van der Waals surface area contributed by atoms with Gasteiger partial charge >= 0.3 is 0 Å². The number of aliphatic hydroxyl groups is 1. The van der Waals surface area contributed by atoms with Gasteiger partial charge in [0, 0.05) is 13.6 Å². The first-order chi connectivity index (χ1) is 8.70. The third-order valence-corrected chi connectivity index (χ3v) is 2.74. The molecular formula is C12H17NO5. The predicted molar refractivity (Wildman–Crippen MR) is 62.2 cm³/mol. The zero-order valence-electron chi connectivity index (χ0n) is 10.3. The molecule has 1 aliphatic rings. The molecule has 6 heteroatoms. The first-order valence-corrected chi connectivity index (χ1v) is 5.85. The molecule has 0 aliphatic carbocycles. The molecular weight excluding hydrogens is 238 g/mol. The third kappa shape index (κ3) is 3.10. The van der Waals surface area contributed by atoms with Crippen LogP contribution in [0.25, 0.3) is 0 Å². The normalized spacial score (nSPS) is 19.8. The summed E-state index contributed by atoms with van der Waals surface area (Å²) in [4.78, 5) is 13.5. The molecule has 1 atom stereocenters. The first-order valence-electron chi connectivity index (χ1n) is 5.85. The second kappa shape index (κ2) is 5.99. The average Bonchev–Trinajstić information content (AvgIpc) is 2.87. The number of carbonyl (C=O) groups excluding carboxylic acids is 1. The Balaban J connectivity index is 1.91. The summed E-state index contributed by atoms with van der Waals surface area (Å²) in [5.41, 5.74) is 0. The molecule has 1 saturated heterocycles. The predicted octanol–water partition coefficient (Wildman–Crippen LogP) is 0.259. The van der Waals surface area contributed by atoms with Gasteiger partial charge in [0.15, 0.2) is 5.76 Å². The SMILES string of the molecule is CN(C[C@@H]1COCCO1)C(=O)c1ccc(CO)o1. The molecule has 0 spiro atoms. The van der Waals surface area contributed by atoms with Crippen LogP contribution < -0.4 is 0 Å². The van der Waals surface area contributed by atoms with Gasteiger partial charge in [-0.3, -0.25) is 4.79 Å². The minimum atomic E-state index is -0.233. The number of rotatable bonds is 4. The molecule has 18 heavy (non-hydrogen) atoms. The molecule has 1 fully saturated rings. The fraction of sp³-hybridized carbons (Fsp3) is 0.583. The van der Waals surface area contributed by atoms with Gasteiger partial charge in [-0.25, -0.2) is 0 Å². The highest BCUT2D eigenvalue weighted by Crippen LogP contribution is 2.11. The molecule has 100 valence electrons. The van der Waals surface area contributed by atoms with Crippen LogP contribution in [0.15, 0.2) is 16.5 Å². The van der Waals surface area contributed by atoms with Crippen molar-refractivity contribution in [3.8, 4) is 0 Å². The van der Waals surface area contributed by atoms with Crippen molar-refractivity contribution in [3.05, 3.63) is 23.7 Å². The van der Waals surface area contributed by atoms with Crippen molar-refractivity contribution in [1.29, 1.82) is 0 Å². The van der Waals surface area contributed by atoms with Crippen molar-refractivity contribution >= 4 is 5.91 Å². The second-order valence-corrected chi connectivity index (χ2v) is 4.18. The van der Waals surface area contributed by atoms with Crippen molar-refractivity contribution in [2.45, 2.75) is 12.7 Å². The Morgan fingerprint density at radius 2 is 2.33 bits per heavy atom. The Morgan fingerprint density at radius 3 is 2.94 bits per heavy atom. The lowest BCUT2D eigenvalue weighted by Gasteiger charge is -2.27. The number of hydrogen-bond donors (Lipinski definition) is 1. The molecule has 1 aliphatic heterocycles. The summed E-state index contributed by atoms with van der Waals surface area (Å²) in [7, 11) is 1.68. The van der Waals surface area contributed by atoms with E-state index in [9.17, 15) is 4.79 Å². The molecule has 1 aromatic rings. The van der Waals surface area contributed by atoms with E-state index in [0.29, 0.717) is 32.1 Å². The molecule has 1 N–H and O–H groups in total. The molecule has 6 nitrogen and oxygen atoms in total. The summed E-state index contributed by atoms with van der Waals surface area (Å²) in [5, 5.41) is 8.88. The lowest BCUT2D eigenvalue weighted by atomic mass is 10.3. The minimum absolute atomic E-state index is 0.0972. The summed E-state index contributed by atoms with van der Waals surface area (Å²) in [6.07, 6.45) is -0.0972. The Hall–Kier alpha value is -1.37. The highest BCUT2D eigenvalue weighted by atomic mass is 16.6. The molecule has 0 saturated carbocycles. The van der Waals surface area contributed by atoms with E-state index in [-0.39, 0.29) is 24.4 Å². The number of amides is 1. The van der Waals surface area contributed by atoms with Crippen LogP contribution in [0, 0.1) is 0 Å². The summed E-state index contributed by atoms with van der Waals surface area (Å²) in [6, 6.07) is 3.14. The number of likely N-dealkylation sites (N-methyl/N-ethyl adjacent to an activating group) is 1. The van der Waals surface area contributed by atoms with Crippen molar-refractivity contribution < 1.29 is 23.8 Å². The number of hydrogen-bond acceptors (Lipinski definition) is 5. The van der Waals surface area contributed by atoms with Crippen LogP contribution >= 0.6 is 0 Å². The average molecular weight is 255 g/mol. The van der Waals surface area contributed by atoms with Gasteiger partial charge in [0.2, 0.25) is 0 Å². The quantitative estimate of drug-likeness (QED) is 0.835. The standard InChI is InChI=1S/C12H17NO5/c1-13(6-10-8-16-4-5-17-10)12(15)11-3-2-9(7-14)18-11/h2-3,10,14H,4-8H2,1H3/t10-/m1/s1. The first kappa shape index (κ1) is 13.1. The maximum Gasteiger partial charge on any atom is 0.289 e. The van der Waals surface area contributed by atoms with Crippen molar-refractivity contribution in [2.75, 3.05) is 33.4 Å². The van der Waals surface area contributed by atoms with E-state index >= 15 is 0 Å². The summed E-state index contributed by atoms with van der Waals surface area (Å²) >= 11 is 0. The number of ether oxygens (including phenoxy) is 2. The van der Waals surface area contributed by atoms with Gasteiger partial charge in [0.25, 0.3) is 5.91 Å². The molecule has 2 rings (SSSR count). The number of nitrogens with zero attached hydrogens (tertiary/aromatic N) is 1. The van der Waals surface area contributed by atoms with E-state index in [1.807, 2.05) is 0 Å². The maximum atomic E-state index is 12.0. The Bertz CT molecular complexity index is 397. The van der Waals surface area contributed by atoms with E-state index in [4.69, 9.17) is 19.0 Å². The zero-order valence-corrected chi connectivity index (χ0v) is 10.3. The van der Waals surface area contributed by atoms with Gasteiger partial charge in [-0.2, -0.15) is 0 Å². The summed E-state index contributed by atoms with van der Waals surface area (Å²) in [5.74, 6) is 0.367. The highest BCUT2D eigenvalue weighted by Gasteiger charge is 2.21. The van der Waals surface area contributed by atoms with E-state index in [1.165, 1.54) is 4.90 Å². The number of aliphatic hydroxyl groups excluding tert-OH is 1. The lowest BCUT2D eigenvalue weighted by Crippen LogP contribution is -2.40. The van der Waals surface area contributed by atoms with Gasteiger partial charge in [-0.15, -0.1) is 0 Å². The Labute approximate surface area is 105 Å². The van der Waals surface area contributed by atoms with Crippen molar-refractivity contribution in [1.82, 2.24) is 4.90 Å². The van der Waals surface area contributed by atoms with Crippen LogP contribution in [0.3, 0.4) is 0 Å². The topological polar surface area (TPSA) is 72.1 Å². The number of furan rings is 1. The van der Waals surface area contributed by atoms with E-state index < -0.39 is 0 Å².